The molecule has 1 aromatic rings. The molecule has 0 radical (unpaired) electrons. The summed E-state index contributed by atoms with van der Waals surface area (Å²) in [6.45, 7) is 1.60. The molecule has 1 amide bonds. The minimum atomic E-state index is 0.201. The van der Waals surface area contributed by atoms with Crippen LogP contribution in [0.4, 0.5) is 0 Å². The topological polar surface area (TPSA) is 37.4 Å². The second-order valence-corrected chi connectivity index (χ2v) is 5.64. The van der Waals surface area contributed by atoms with Gasteiger partial charge in [-0.1, -0.05) is 12.5 Å². The van der Waals surface area contributed by atoms with Gasteiger partial charge in [0.25, 0.3) is 0 Å². The Morgan fingerprint density at radius 2 is 2.22 bits per heavy atom. The maximum absolute atomic E-state index is 11.8. The smallest absolute Gasteiger partial charge is 0.222 e. The molecule has 0 aliphatic carbocycles. The van der Waals surface area contributed by atoms with Gasteiger partial charge < -0.3 is 4.90 Å². The van der Waals surface area contributed by atoms with Gasteiger partial charge in [0.15, 0.2) is 5.78 Å². The van der Waals surface area contributed by atoms with E-state index in [1.807, 2.05) is 22.4 Å². The van der Waals surface area contributed by atoms with Gasteiger partial charge in [0.05, 0.1) is 4.88 Å². The lowest BCUT2D eigenvalue weighted by Gasteiger charge is -2.19. The fraction of sp³-hybridized carbons (Fsp3) is 0.571. The second kappa shape index (κ2) is 6.69. The standard InChI is InChI=1S/C14H19NO2S/c16-12(13-7-5-11-18-13)6-4-10-15-9-3-1-2-8-14(15)17/h5,7,11H,1-4,6,8-10H2. The largest absolute Gasteiger partial charge is 0.343 e. The Labute approximate surface area is 112 Å². The maximum Gasteiger partial charge on any atom is 0.222 e. The van der Waals surface area contributed by atoms with Crippen molar-refractivity contribution in [2.75, 3.05) is 13.1 Å². The first-order chi connectivity index (χ1) is 8.77. The molecule has 0 N–H and O–H groups in total. The highest BCUT2D eigenvalue weighted by molar-refractivity contribution is 7.12. The summed E-state index contributed by atoms with van der Waals surface area (Å²) in [6, 6.07) is 3.76. The summed E-state index contributed by atoms with van der Waals surface area (Å²) >= 11 is 1.49. The van der Waals surface area contributed by atoms with E-state index < -0.39 is 0 Å². The predicted octanol–water partition coefficient (Wildman–Crippen LogP) is 3.11. The maximum atomic E-state index is 11.8. The molecule has 0 unspecified atom stereocenters. The Bertz CT molecular complexity index is 400. The zero-order chi connectivity index (χ0) is 12.8. The number of carbonyl (C=O) groups excluding carboxylic acids is 2. The van der Waals surface area contributed by atoms with Crippen molar-refractivity contribution in [2.24, 2.45) is 0 Å². The van der Waals surface area contributed by atoms with Gasteiger partial charge in [0, 0.05) is 25.9 Å². The van der Waals surface area contributed by atoms with Crippen molar-refractivity contribution in [3.05, 3.63) is 22.4 Å². The molecule has 2 heterocycles. The van der Waals surface area contributed by atoms with E-state index in [4.69, 9.17) is 0 Å². The first kappa shape index (κ1) is 13.3. The molecule has 0 aromatic carbocycles. The Balaban J connectivity index is 1.74. The third-order valence-corrected chi connectivity index (χ3v) is 4.21. The van der Waals surface area contributed by atoms with Crippen molar-refractivity contribution in [3.63, 3.8) is 0 Å². The fourth-order valence-electron chi connectivity index (χ4n) is 2.27. The van der Waals surface area contributed by atoms with Crippen molar-refractivity contribution < 1.29 is 9.59 Å². The van der Waals surface area contributed by atoms with E-state index in [-0.39, 0.29) is 11.7 Å². The predicted molar refractivity (Wildman–Crippen MR) is 72.9 cm³/mol. The third kappa shape index (κ3) is 3.67. The van der Waals surface area contributed by atoms with E-state index in [0.29, 0.717) is 12.8 Å². The van der Waals surface area contributed by atoms with E-state index in [0.717, 1.165) is 43.6 Å². The molecule has 1 aliphatic heterocycles. The number of carbonyl (C=O) groups is 2. The molecule has 1 saturated heterocycles. The average molecular weight is 265 g/mol. The number of amides is 1. The van der Waals surface area contributed by atoms with Gasteiger partial charge in [-0.15, -0.1) is 11.3 Å². The average Bonchev–Trinajstić information content (AvgIpc) is 2.82. The number of thiophene rings is 1. The Hall–Kier alpha value is -1.16. The highest BCUT2D eigenvalue weighted by Crippen LogP contribution is 2.14. The molecule has 4 heteroatoms. The van der Waals surface area contributed by atoms with Crippen LogP contribution in [0.25, 0.3) is 0 Å². The molecule has 2 rings (SSSR count). The Morgan fingerprint density at radius 1 is 1.33 bits per heavy atom. The van der Waals surface area contributed by atoms with E-state index in [1.165, 1.54) is 11.3 Å². The lowest BCUT2D eigenvalue weighted by Crippen LogP contribution is -2.31. The van der Waals surface area contributed by atoms with Crippen molar-refractivity contribution in [3.8, 4) is 0 Å². The van der Waals surface area contributed by atoms with Gasteiger partial charge >= 0.3 is 0 Å². The van der Waals surface area contributed by atoms with Gasteiger partial charge in [-0.25, -0.2) is 0 Å². The summed E-state index contributed by atoms with van der Waals surface area (Å²) in [7, 11) is 0. The zero-order valence-electron chi connectivity index (χ0n) is 10.6. The molecule has 18 heavy (non-hydrogen) atoms. The molecule has 3 nitrogen and oxygen atoms in total. The lowest BCUT2D eigenvalue weighted by molar-refractivity contribution is -0.130. The minimum Gasteiger partial charge on any atom is -0.343 e. The highest BCUT2D eigenvalue weighted by Gasteiger charge is 2.16. The Morgan fingerprint density at radius 3 is 3.00 bits per heavy atom. The van der Waals surface area contributed by atoms with Crippen LogP contribution in [-0.2, 0) is 4.79 Å². The number of rotatable bonds is 5. The summed E-state index contributed by atoms with van der Waals surface area (Å²) in [5.41, 5.74) is 0. The molecule has 1 aliphatic rings. The zero-order valence-corrected chi connectivity index (χ0v) is 11.4. The first-order valence-electron chi connectivity index (χ1n) is 6.62. The molecular formula is C14H19NO2S. The summed E-state index contributed by atoms with van der Waals surface area (Å²) < 4.78 is 0. The van der Waals surface area contributed by atoms with Crippen molar-refractivity contribution in [1.82, 2.24) is 4.90 Å². The van der Waals surface area contributed by atoms with Crippen LogP contribution in [0.1, 0.15) is 48.2 Å². The lowest BCUT2D eigenvalue weighted by atomic mass is 10.2. The van der Waals surface area contributed by atoms with Crippen LogP contribution in [0.15, 0.2) is 17.5 Å². The van der Waals surface area contributed by atoms with Gasteiger partial charge in [0.1, 0.15) is 0 Å². The van der Waals surface area contributed by atoms with Crippen LogP contribution >= 0.6 is 11.3 Å². The molecule has 98 valence electrons. The normalized spacial score (nSPS) is 16.7. The Kier molecular flexibility index (Phi) is 4.93. The van der Waals surface area contributed by atoms with Crippen LogP contribution in [0.2, 0.25) is 0 Å². The number of hydrogen-bond donors (Lipinski definition) is 0. The van der Waals surface area contributed by atoms with Crippen molar-refractivity contribution >= 4 is 23.0 Å². The van der Waals surface area contributed by atoms with Crippen LogP contribution in [0, 0.1) is 0 Å². The summed E-state index contributed by atoms with van der Waals surface area (Å²) in [5, 5.41) is 1.92. The second-order valence-electron chi connectivity index (χ2n) is 4.70. The highest BCUT2D eigenvalue weighted by atomic mass is 32.1. The van der Waals surface area contributed by atoms with Gasteiger partial charge in [0.2, 0.25) is 5.91 Å². The van der Waals surface area contributed by atoms with Crippen molar-refractivity contribution in [2.45, 2.75) is 38.5 Å². The number of nitrogens with zero attached hydrogens (tertiary/aromatic N) is 1. The first-order valence-corrected chi connectivity index (χ1v) is 7.50. The van der Waals surface area contributed by atoms with Crippen LogP contribution in [-0.4, -0.2) is 29.7 Å². The quantitative estimate of drug-likeness (QED) is 0.767. The molecule has 0 saturated carbocycles. The number of likely N-dealkylation sites (tertiary alicyclic amines) is 1. The van der Waals surface area contributed by atoms with E-state index in [2.05, 4.69) is 0 Å². The summed E-state index contributed by atoms with van der Waals surface area (Å²) in [5.74, 6) is 0.461. The minimum absolute atomic E-state index is 0.201. The number of hydrogen-bond acceptors (Lipinski definition) is 3. The van der Waals surface area contributed by atoms with E-state index >= 15 is 0 Å². The molecule has 0 atom stereocenters. The van der Waals surface area contributed by atoms with Gasteiger partial charge in [-0.3, -0.25) is 9.59 Å². The summed E-state index contributed by atoms with van der Waals surface area (Å²) in [4.78, 5) is 26.3. The third-order valence-electron chi connectivity index (χ3n) is 3.30. The van der Waals surface area contributed by atoms with E-state index in [1.54, 1.807) is 0 Å². The van der Waals surface area contributed by atoms with E-state index in [9.17, 15) is 9.59 Å². The van der Waals surface area contributed by atoms with Gasteiger partial charge in [-0.2, -0.15) is 0 Å². The number of ketones is 1. The fourth-order valence-corrected chi connectivity index (χ4v) is 2.96. The molecule has 1 fully saturated rings. The van der Waals surface area contributed by atoms with Crippen LogP contribution < -0.4 is 0 Å². The monoisotopic (exact) mass is 265 g/mol. The number of Topliss-reactive ketones (excluding diaryl/α,β-unsaturated/α-hetero) is 1. The van der Waals surface area contributed by atoms with Gasteiger partial charge in [-0.05, 0) is 30.7 Å². The van der Waals surface area contributed by atoms with Crippen LogP contribution in [0.5, 0.6) is 0 Å². The van der Waals surface area contributed by atoms with Crippen LogP contribution in [0.3, 0.4) is 0 Å². The van der Waals surface area contributed by atoms with Crippen molar-refractivity contribution in [1.29, 1.82) is 0 Å². The molecule has 0 bridgehead atoms. The molecular weight excluding hydrogens is 246 g/mol. The summed E-state index contributed by atoms with van der Waals surface area (Å²) in [6.07, 6.45) is 5.27. The molecule has 1 aromatic heterocycles. The SMILES string of the molecule is O=C(CCCN1CCCCCC1=O)c1cccs1. The molecule has 0 spiro atoms.